The number of aromatic nitrogens is 4. The normalized spacial score (nSPS) is 15.3. The van der Waals surface area contributed by atoms with E-state index in [0.717, 1.165) is 54.8 Å². The molecule has 1 aliphatic rings. The zero-order valence-corrected chi connectivity index (χ0v) is 15.7. The number of fused-ring (bicyclic) bond motifs is 2. The van der Waals surface area contributed by atoms with Gasteiger partial charge < -0.3 is 9.80 Å². The summed E-state index contributed by atoms with van der Waals surface area (Å²) in [6.07, 6.45) is 0. The fraction of sp³-hybridized carbons (Fsp3) is 0.316. The summed E-state index contributed by atoms with van der Waals surface area (Å²) >= 11 is 1.58. The molecule has 0 amide bonds. The summed E-state index contributed by atoms with van der Waals surface area (Å²) in [5, 5.41) is 5.89. The third kappa shape index (κ3) is 2.50. The van der Waals surface area contributed by atoms with Gasteiger partial charge in [-0.05, 0) is 37.5 Å². The molecule has 0 bridgehead atoms. The van der Waals surface area contributed by atoms with E-state index in [1.165, 1.54) is 10.1 Å². The number of hydrogen-bond acceptors (Lipinski definition) is 6. The van der Waals surface area contributed by atoms with Crippen molar-refractivity contribution in [2.75, 3.05) is 36.0 Å². The molecule has 7 heteroatoms. The molecule has 1 aromatic carbocycles. The van der Waals surface area contributed by atoms with Gasteiger partial charge in [-0.15, -0.1) is 0 Å². The van der Waals surface area contributed by atoms with E-state index in [0.29, 0.717) is 0 Å². The maximum absolute atomic E-state index is 4.71. The highest BCUT2D eigenvalue weighted by atomic mass is 32.1. The third-order valence-electron chi connectivity index (χ3n) is 4.92. The van der Waals surface area contributed by atoms with E-state index in [1.54, 1.807) is 11.5 Å². The van der Waals surface area contributed by atoms with Crippen molar-refractivity contribution in [3.05, 3.63) is 47.8 Å². The molecule has 1 aliphatic heterocycles. The van der Waals surface area contributed by atoms with E-state index >= 15 is 0 Å². The van der Waals surface area contributed by atoms with Crippen molar-refractivity contribution in [3.63, 3.8) is 0 Å². The average Bonchev–Trinajstić information content (AvgIpc) is 3.24. The van der Waals surface area contributed by atoms with Gasteiger partial charge in [0.25, 0.3) is 0 Å². The molecule has 1 saturated heterocycles. The summed E-state index contributed by atoms with van der Waals surface area (Å²) in [4.78, 5) is 9.40. The van der Waals surface area contributed by atoms with E-state index in [4.69, 9.17) is 4.37 Å². The molecular formula is C19H20N6S. The molecule has 5 rings (SSSR count). The van der Waals surface area contributed by atoms with Gasteiger partial charge in [0.1, 0.15) is 11.6 Å². The molecule has 4 heterocycles. The highest BCUT2D eigenvalue weighted by molar-refractivity contribution is 7.13. The zero-order chi connectivity index (χ0) is 17.7. The lowest BCUT2D eigenvalue weighted by atomic mass is 10.2. The lowest BCUT2D eigenvalue weighted by Gasteiger charge is -2.36. The van der Waals surface area contributed by atoms with Crippen LogP contribution in [0.4, 0.5) is 11.6 Å². The first-order valence-electron chi connectivity index (χ1n) is 8.87. The van der Waals surface area contributed by atoms with E-state index < -0.39 is 0 Å². The summed E-state index contributed by atoms with van der Waals surface area (Å²) in [6.45, 7) is 7.86. The maximum atomic E-state index is 4.71. The predicted octanol–water partition coefficient (Wildman–Crippen LogP) is 3.28. The monoisotopic (exact) mass is 364 g/mol. The molecule has 1 fully saturated rings. The third-order valence-corrected chi connectivity index (χ3v) is 5.74. The Morgan fingerprint density at radius 1 is 0.923 bits per heavy atom. The van der Waals surface area contributed by atoms with Crippen LogP contribution in [0.3, 0.4) is 0 Å². The Bertz CT molecular complexity index is 1090. The van der Waals surface area contributed by atoms with Gasteiger partial charge >= 0.3 is 0 Å². The quantitative estimate of drug-likeness (QED) is 0.546. The second kappa shape index (κ2) is 5.95. The summed E-state index contributed by atoms with van der Waals surface area (Å²) < 4.78 is 7.93. The summed E-state index contributed by atoms with van der Waals surface area (Å²) in [7, 11) is 0. The number of anilines is 2. The van der Waals surface area contributed by atoms with Crippen LogP contribution in [0.1, 0.15) is 11.4 Å². The van der Waals surface area contributed by atoms with Crippen molar-refractivity contribution in [1.29, 1.82) is 0 Å². The first kappa shape index (κ1) is 15.6. The van der Waals surface area contributed by atoms with Gasteiger partial charge in [0.2, 0.25) is 0 Å². The van der Waals surface area contributed by atoms with Gasteiger partial charge in [-0.25, -0.2) is 4.98 Å². The van der Waals surface area contributed by atoms with Crippen LogP contribution in [0, 0.1) is 13.8 Å². The fourth-order valence-electron chi connectivity index (χ4n) is 3.67. The summed E-state index contributed by atoms with van der Waals surface area (Å²) in [5.41, 5.74) is 2.95. The Balaban J connectivity index is 1.42. The fourth-order valence-corrected chi connectivity index (χ4v) is 4.46. The molecule has 0 radical (unpaired) electrons. The minimum Gasteiger partial charge on any atom is -0.353 e. The zero-order valence-electron chi connectivity index (χ0n) is 14.9. The van der Waals surface area contributed by atoms with Crippen LogP contribution in [0.15, 0.2) is 36.4 Å². The largest absolute Gasteiger partial charge is 0.353 e. The second-order valence-electron chi connectivity index (χ2n) is 6.79. The molecular weight excluding hydrogens is 344 g/mol. The van der Waals surface area contributed by atoms with Gasteiger partial charge in [-0.2, -0.15) is 14.0 Å². The SMILES string of the molecule is Cc1cc(N2CCN(c3nsc4ccccc34)CC2)n2nc(C)cc2n1. The molecule has 0 atom stereocenters. The Morgan fingerprint density at radius 3 is 2.54 bits per heavy atom. The highest BCUT2D eigenvalue weighted by Gasteiger charge is 2.23. The molecule has 132 valence electrons. The molecule has 4 aromatic rings. The van der Waals surface area contributed by atoms with Crippen molar-refractivity contribution in [2.45, 2.75) is 13.8 Å². The number of aryl methyl sites for hydroxylation is 2. The van der Waals surface area contributed by atoms with Crippen LogP contribution in [0.5, 0.6) is 0 Å². The van der Waals surface area contributed by atoms with Crippen LogP contribution in [0.2, 0.25) is 0 Å². The molecule has 0 saturated carbocycles. The van der Waals surface area contributed by atoms with Crippen molar-refractivity contribution in [3.8, 4) is 0 Å². The summed E-state index contributed by atoms with van der Waals surface area (Å²) in [6, 6.07) is 12.6. The smallest absolute Gasteiger partial charge is 0.157 e. The van der Waals surface area contributed by atoms with Crippen LogP contribution in [-0.4, -0.2) is 45.2 Å². The predicted molar refractivity (Wildman–Crippen MR) is 107 cm³/mol. The van der Waals surface area contributed by atoms with Crippen molar-refractivity contribution >= 4 is 38.9 Å². The molecule has 0 aliphatic carbocycles. The first-order valence-corrected chi connectivity index (χ1v) is 9.65. The number of rotatable bonds is 2. The van der Waals surface area contributed by atoms with Crippen LogP contribution in [0.25, 0.3) is 15.7 Å². The van der Waals surface area contributed by atoms with E-state index in [-0.39, 0.29) is 0 Å². The lowest BCUT2D eigenvalue weighted by Crippen LogP contribution is -2.47. The maximum Gasteiger partial charge on any atom is 0.157 e. The van der Waals surface area contributed by atoms with E-state index in [2.05, 4.69) is 50.2 Å². The van der Waals surface area contributed by atoms with Crippen LogP contribution in [-0.2, 0) is 0 Å². The molecule has 26 heavy (non-hydrogen) atoms. The Labute approximate surface area is 155 Å². The van der Waals surface area contributed by atoms with Crippen molar-refractivity contribution in [2.24, 2.45) is 0 Å². The highest BCUT2D eigenvalue weighted by Crippen LogP contribution is 2.30. The topological polar surface area (TPSA) is 49.6 Å². The molecule has 6 nitrogen and oxygen atoms in total. The van der Waals surface area contributed by atoms with Crippen molar-refractivity contribution in [1.82, 2.24) is 19.0 Å². The molecule has 3 aromatic heterocycles. The molecule has 0 N–H and O–H groups in total. The number of nitrogens with zero attached hydrogens (tertiary/aromatic N) is 6. The standard InChI is InChI=1S/C19H20N6S/c1-13-12-18(25-17(20-13)11-14(2)21-25)23-7-9-24(10-8-23)19-15-5-3-4-6-16(15)26-22-19/h3-6,11-12H,7-10H2,1-2H3. The number of piperazine rings is 1. The van der Waals surface area contributed by atoms with Crippen LogP contribution < -0.4 is 9.80 Å². The van der Waals surface area contributed by atoms with Gasteiger partial charge in [0.05, 0.1) is 10.4 Å². The number of benzene rings is 1. The number of hydrogen-bond donors (Lipinski definition) is 0. The lowest BCUT2D eigenvalue weighted by molar-refractivity contribution is 0.636. The van der Waals surface area contributed by atoms with E-state index in [9.17, 15) is 0 Å². The van der Waals surface area contributed by atoms with Gasteiger partial charge in [-0.3, -0.25) is 0 Å². The minimum atomic E-state index is 0.922. The first-order chi connectivity index (χ1) is 12.7. The van der Waals surface area contributed by atoms with Gasteiger partial charge in [-0.1, -0.05) is 12.1 Å². The van der Waals surface area contributed by atoms with Gasteiger partial charge in [0, 0.05) is 49.4 Å². The minimum absolute atomic E-state index is 0.922. The van der Waals surface area contributed by atoms with Gasteiger partial charge in [0.15, 0.2) is 5.65 Å². The average molecular weight is 364 g/mol. The van der Waals surface area contributed by atoms with Crippen LogP contribution >= 0.6 is 11.5 Å². The molecule has 0 unspecified atom stereocenters. The Hall–Kier alpha value is -2.67. The van der Waals surface area contributed by atoms with Crippen molar-refractivity contribution < 1.29 is 0 Å². The summed E-state index contributed by atoms with van der Waals surface area (Å²) in [5.74, 6) is 2.25. The Morgan fingerprint density at radius 2 is 1.69 bits per heavy atom. The second-order valence-corrected chi connectivity index (χ2v) is 7.59. The van der Waals surface area contributed by atoms with E-state index in [1.807, 2.05) is 24.4 Å². The Kier molecular flexibility index (Phi) is 3.56. The molecule has 0 spiro atoms.